The van der Waals surface area contributed by atoms with Crippen LogP contribution in [0.25, 0.3) is 0 Å². The fourth-order valence-electron chi connectivity index (χ4n) is 2.32. The molecular weight excluding hydrogens is 298 g/mol. The maximum absolute atomic E-state index is 11.8. The number of esters is 1. The highest BCUT2D eigenvalue weighted by Crippen LogP contribution is 2.09. The highest BCUT2D eigenvalue weighted by molar-refractivity contribution is 5.79. The zero-order valence-electron chi connectivity index (χ0n) is 15.0. The van der Waals surface area contributed by atoms with Crippen molar-refractivity contribution >= 4 is 17.7 Å². The van der Waals surface area contributed by atoms with Gasteiger partial charge in [-0.15, -0.1) is 0 Å². The second-order valence-corrected chi connectivity index (χ2v) is 7.03. The Morgan fingerprint density at radius 3 is 2.13 bits per heavy atom. The molecule has 0 radical (unpaired) electrons. The first kappa shape index (κ1) is 21.6. The van der Waals surface area contributed by atoms with E-state index < -0.39 is 18.0 Å². The van der Waals surface area contributed by atoms with Crippen LogP contribution < -0.4 is 0 Å². The van der Waals surface area contributed by atoms with Crippen molar-refractivity contribution in [2.75, 3.05) is 27.7 Å². The summed E-state index contributed by atoms with van der Waals surface area (Å²) in [6.07, 6.45) is 3.79. The first-order valence-corrected chi connectivity index (χ1v) is 8.37. The van der Waals surface area contributed by atoms with E-state index in [1.54, 1.807) is 0 Å². The molecule has 0 saturated carbocycles. The summed E-state index contributed by atoms with van der Waals surface area (Å²) in [7, 11) is 5.74. The first-order valence-electron chi connectivity index (χ1n) is 8.37. The molecule has 6 heteroatoms. The van der Waals surface area contributed by atoms with Gasteiger partial charge in [0.25, 0.3) is 0 Å². The third-order valence-corrected chi connectivity index (χ3v) is 3.35. The smallest absolute Gasteiger partial charge is 0.307 e. The number of nitrogens with zero attached hydrogens (tertiary/aromatic N) is 1. The van der Waals surface area contributed by atoms with Crippen LogP contribution in [0.3, 0.4) is 0 Å². The number of carbonyl (C=O) groups is 3. The van der Waals surface area contributed by atoms with Crippen molar-refractivity contribution in [3.8, 4) is 0 Å². The number of ether oxygens (including phenoxy) is 1. The van der Waals surface area contributed by atoms with Crippen molar-refractivity contribution in [1.82, 2.24) is 0 Å². The Kier molecular flexibility index (Phi) is 10.5. The van der Waals surface area contributed by atoms with Crippen molar-refractivity contribution in [3.05, 3.63) is 0 Å². The van der Waals surface area contributed by atoms with Crippen LogP contribution >= 0.6 is 0 Å². The lowest BCUT2D eigenvalue weighted by Crippen LogP contribution is -2.43. The molecular formula is C17H32NO5+. The number of carboxylic acids is 1. The molecule has 0 fully saturated rings. The Morgan fingerprint density at radius 2 is 1.61 bits per heavy atom. The topological polar surface area (TPSA) is 80.7 Å². The van der Waals surface area contributed by atoms with Crippen LogP contribution in [0.15, 0.2) is 0 Å². The van der Waals surface area contributed by atoms with Gasteiger partial charge in [0.1, 0.15) is 12.3 Å². The van der Waals surface area contributed by atoms with Crippen molar-refractivity contribution in [1.29, 1.82) is 0 Å². The molecule has 0 amide bonds. The fraction of sp³-hybridized carbons (Fsp3) is 0.824. The van der Waals surface area contributed by atoms with Crippen LogP contribution in [-0.4, -0.2) is 61.1 Å². The number of unbranched alkanes of at least 4 members (excludes halogenated alkanes) is 2. The minimum absolute atomic E-state index is 0.160. The average Bonchev–Trinajstić information content (AvgIpc) is 2.35. The number of hydrogen-bond acceptors (Lipinski definition) is 4. The molecule has 0 heterocycles. The molecule has 0 spiro atoms. The van der Waals surface area contributed by atoms with E-state index >= 15 is 0 Å². The van der Waals surface area contributed by atoms with Crippen molar-refractivity contribution < 1.29 is 28.7 Å². The van der Waals surface area contributed by atoms with Crippen LogP contribution in [0.4, 0.5) is 0 Å². The molecule has 6 nitrogen and oxygen atoms in total. The Balaban J connectivity index is 4.12. The van der Waals surface area contributed by atoms with Crippen LogP contribution in [0.5, 0.6) is 0 Å². The predicted molar refractivity (Wildman–Crippen MR) is 88.0 cm³/mol. The fourth-order valence-corrected chi connectivity index (χ4v) is 2.32. The Hall–Kier alpha value is -1.43. The number of likely N-dealkylation sites (N-methyl/N-ethyl adjacent to an activating group) is 1. The van der Waals surface area contributed by atoms with Crippen molar-refractivity contribution in [3.63, 3.8) is 0 Å². The van der Waals surface area contributed by atoms with Crippen LogP contribution in [0.2, 0.25) is 0 Å². The van der Waals surface area contributed by atoms with Gasteiger partial charge in [0, 0.05) is 19.3 Å². The number of carbonyl (C=O) groups excluding carboxylic acids is 2. The van der Waals surface area contributed by atoms with Crippen LogP contribution in [-0.2, 0) is 19.1 Å². The number of ketones is 1. The summed E-state index contributed by atoms with van der Waals surface area (Å²) in [5.74, 6) is -1.23. The summed E-state index contributed by atoms with van der Waals surface area (Å²) >= 11 is 0. The Morgan fingerprint density at radius 1 is 1.00 bits per heavy atom. The van der Waals surface area contributed by atoms with E-state index in [4.69, 9.17) is 9.84 Å². The number of carboxylic acid groups (broad SMARTS) is 1. The Labute approximate surface area is 139 Å². The molecule has 1 unspecified atom stereocenters. The van der Waals surface area contributed by atoms with E-state index in [0.29, 0.717) is 30.3 Å². The molecule has 0 aromatic heterocycles. The second kappa shape index (κ2) is 11.2. The van der Waals surface area contributed by atoms with E-state index in [9.17, 15) is 14.4 Å². The van der Waals surface area contributed by atoms with Crippen molar-refractivity contribution in [2.24, 2.45) is 0 Å². The van der Waals surface area contributed by atoms with Gasteiger partial charge in [-0.1, -0.05) is 19.8 Å². The molecule has 0 saturated heterocycles. The van der Waals surface area contributed by atoms with E-state index in [1.807, 2.05) is 21.1 Å². The predicted octanol–water partition coefficient (Wildman–Crippen LogP) is 2.40. The molecule has 1 N–H and O–H groups in total. The van der Waals surface area contributed by atoms with Gasteiger partial charge in [0.05, 0.1) is 27.6 Å². The maximum atomic E-state index is 11.8. The zero-order chi connectivity index (χ0) is 17.9. The molecule has 1 atom stereocenters. The molecule has 23 heavy (non-hydrogen) atoms. The normalized spacial score (nSPS) is 12.7. The van der Waals surface area contributed by atoms with Gasteiger partial charge >= 0.3 is 11.9 Å². The lowest BCUT2D eigenvalue weighted by molar-refractivity contribution is -0.873. The summed E-state index contributed by atoms with van der Waals surface area (Å²) < 4.78 is 5.79. The molecule has 0 aromatic carbocycles. The van der Waals surface area contributed by atoms with E-state index in [1.165, 1.54) is 0 Å². The summed E-state index contributed by atoms with van der Waals surface area (Å²) in [5.41, 5.74) is 0. The van der Waals surface area contributed by atoms with Gasteiger partial charge < -0.3 is 14.3 Å². The third kappa shape index (κ3) is 13.9. The van der Waals surface area contributed by atoms with Gasteiger partial charge in [-0.2, -0.15) is 0 Å². The molecule has 0 aliphatic heterocycles. The van der Waals surface area contributed by atoms with Crippen molar-refractivity contribution in [2.45, 2.75) is 64.4 Å². The SMILES string of the molecule is CCCCCC(=O)CCCC(=O)OC(CC(=O)O)C[N+](C)(C)C. The number of quaternary nitrogens is 1. The zero-order valence-corrected chi connectivity index (χ0v) is 15.0. The highest BCUT2D eigenvalue weighted by atomic mass is 16.5. The summed E-state index contributed by atoms with van der Waals surface area (Å²) in [4.78, 5) is 34.3. The molecule has 0 aliphatic rings. The quantitative estimate of drug-likeness (QED) is 0.319. The second-order valence-electron chi connectivity index (χ2n) is 7.03. The van der Waals surface area contributed by atoms with Gasteiger partial charge in [-0.25, -0.2) is 0 Å². The molecule has 0 aliphatic carbocycles. The molecule has 0 aromatic rings. The minimum Gasteiger partial charge on any atom is -0.481 e. The summed E-state index contributed by atoms with van der Waals surface area (Å²) in [6, 6.07) is 0. The van der Waals surface area contributed by atoms with Gasteiger partial charge in [0.2, 0.25) is 0 Å². The van der Waals surface area contributed by atoms with Gasteiger partial charge in [-0.05, 0) is 12.8 Å². The molecule has 0 bridgehead atoms. The third-order valence-electron chi connectivity index (χ3n) is 3.35. The minimum atomic E-state index is -0.984. The van der Waals surface area contributed by atoms with Gasteiger partial charge in [0.15, 0.2) is 6.10 Å². The number of hydrogen-bond donors (Lipinski definition) is 1. The largest absolute Gasteiger partial charge is 0.481 e. The van der Waals surface area contributed by atoms with Crippen LogP contribution in [0, 0.1) is 0 Å². The van der Waals surface area contributed by atoms with E-state index in [-0.39, 0.29) is 18.6 Å². The van der Waals surface area contributed by atoms with Gasteiger partial charge in [-0.3, -0.25) is 14.4 Å². The van der Waals surface area contributed by atoms with E-state index in [2.05, 4.69) is 6.92 Å². The molecule has 0 rings (SSSR count). The highest BCUT2D eigenvalue weighted by Gasteiger charge is 2.24. The summed E-state index contributed by atoms with van der Waals surface area (Å²) in [5, 5.41) is 8.90. The average molecular weight is 330 g/mol. The lowest BCUT2D eigenvalue weighted by Gasteiger charge is -2.28. The number of Topliss-reactive ketones (excluding diaryl/α,β-unsaturated/α-hetero) is 1. The van der Waals surface area contributed by atoms with E-state index in [0.717, 1.165) is 19.3 Å². The van der Waals surface area contributed by atoms with Crippen LogP contribution in [0.1, 0.15) is 58.3 Å². The maximum Gasteiger partial charge on any atom is 0.307 e. The Bertz CT molecular complexity index is 387. The molecule has 134 valence electrons. The summed E-state index contributed by atoms with van der Waals surface area (Å²) in [6.45, 7) is 2.53. The first-order chi connectivity index (χ1) is 10.6. The standard InChI is InChI=1S/C17H31NO5/c1-5-6-7-9-14(19)10-8-11-17(22)23-15(12-16(20)21)13-18(2,3)4/h15H,5-13H2,1-4H3/p+1. The number of aliphatic carboxylic acids is 1. The number of rotatable bonds is 13. The lowest BCUT2D eigenvalue weighted by atomic mass is 10.1. The monoisotopic (exact) mass is 330 g/mol.